The van der Waals surface area contributed by atoms with Crippen LogP contribution < -0.4 is 0 Å². The van der Waals surface area contributed by atoms with Crippen LogP contribution in [0.2, 0.25) is 0 Å². The van der Waals surface area contributed by atoms with Crippen LogP contribution >= 0.6 is 0 Å². The lowest BCUT2D eigenvalue weighted by molar-refractivity contribution is 1.01. The molecule has 0 N–H and O–H groups in total. The number of hydrogen-bond donors (Lipinski definition) is 0. The molecule has 0 aliphatic rings. The Labute approximate surface area is 365 Å². The van der Waals surface area contributed by atoms with Crippen LogP contribution in [0.4, 0.5) is 0 Å². The van der Waals surface area contributed by atoms with E-state index in [-0.39, 0.29) is 0 Å². The van der Waals surface area contributed by atoms with Crippen molar-refractivity contribution in [2.75, 3.05) is 0 Å². The summed E-state index contributed by atoms with van der Waals surface area (Å²) >= 11 is 0. The molecule has 3 aromatic heterocycles. The molecule has 0 spiro atoms. The molecule has 0 saturated carbocycles. The molecule has 0 aliphatic carbocycles. The maximum Gasteiger partial charge on any atom is 0.235 e. The Kier molecular flexibility index (Phi) is 6.65. The summed E-state index contributed by atoms with van der Waals surface area (Å²) in [6.07, 6.45) is 0. The summed E-state index contributed by atoms with van der Waals surface area (Å²) in [6.45, 7) is 0. The van der Waals surface area contributed by atoms with Gasteiger partial charge in [-0.05, 0) is 95.6 Å². The average molecular weight is 811 g/mol. The summed E-state index contributed by atoms with van der Waals surface area (Å²) in [7, 11) is 0. The van der Waals surface area contributed by atoms with Crippen molar-refractivity contribution in [1.29, 1.82) is 0 Å². The minimum Gasteiger partial charge on any atom is -0.309 e. The molecule has 15 aromatic rings. The van der Waals surface area contributed by atoms with Crippen LogP contribution in [0.1, 0.15) is 0 Å². The second kappa shape index (κ2) is 12.5. The van der Waals surface area contributed by atoms with E-state index in [2.05, 4.69) is 215 Å². The van der Waals surface area contributed by atoms with E-state index >= 15 is 0 Å². The fraction of sp³-hybridized carbons (Fsp3) is 0. The summed E-state index contributed by atoms with van der Waals surface area (Å²) in [6, 6.07) is 75.4. The minimum atomic E-state index is 0.656. The van der Waals surface area contributed by atoms with Gasteiger partial charge in [-0.2, -0.15) is 0 Å². The first kappa shape index (κ1) is 34.0. The first-order chi connectivity index (χ1) is 31.8. The van der Waals surface area contributed by atoms with E-state index in [4.69, 9.17) is 9.97 Å². The maximum absolute atomic E-state index is 5.59. The molecule has 4 nitrogen and oxygen atoms in total. The SMILES string of the molecule is c1ccc2c(-c3nc(-n4c5ccccc5c5c6cccc7c8cccc9c8c(cc8c9c9ccccc9n8-c8cccc9ccccc89)c(cc54)c76)nc4ccccc34)cccc2c1. The highest BCUT2D eigenvalue weighted by atomic mass is 15.2. The van der Waals surface area contributed by atoms with Gasteiger partial charge in [0, 0.05) is 37.9 Å². The van der Waals surface area contributed by atoms with Crippen LogP contribution in [0.5, 0.6) is 0 Å². The summed E-state index contributed by atoms with van der Waals surface area (Å²) in [5, 5.41) is 20.8. The molecule has 0 saturated heterocycles. The zero-order valence-corrected chi connectivity index (χ0v) is 34.4. The molecular formula is C60H34N4. The fourth-order valence-corrected chi connectivity index (χ4v) is 11.4. The molecule has 15 rings (SSSR count). The maximum atomic E-state index is 5.59. The number of hydrogen-bond acceptors (Lipinski definition) is 2. The predicted molar refractivity (Wildman–Crippen MR) is 270 cm³/mol. The molecule has 0 atom stereocenters. The summed E-state index contributed by atoms with van der Waals surface area (Å²) in [5.41, 5.74) is 8.67. The van der Waals surface area contributed by atoms with Gasteiger partial charge in [0.25, 0.3) is 0 Å². The third kappa shape index (κ3) is 4.41. The molecule has 0 radical (unpaired) electrons. The van der Waals surface area contributed by atoms with Crippen LogP contribution in [0.15, 0.2) is 206 Å². The van der Waals surface area contributed by atoms with Crippen molar-refractivity contribution in [1.82, 2.24) is 19.1 Å². The second-order valence-corrected chi connectivity index (χ2v) is 17.2. The molecule has 0 fully saturated rings. The van der Waals surface area contributed by atoms with Gasteiger partial charge in [-0.1, -0.05) is 170 Å². The van der Waals surface area contributed by atoms with Crippen molar-refractivity contribution in [2.24, 2.45) is 0 Å². The molecule has 12 aromatic carbocycles. The van der Waals surface area contributed by atoms with Crippen LogP contribution in [-0.4, -0.2) is 19.1 Å². The highest BCUT2D eigenvalue weighted by molar-refractivity contribution is 6.41. The summed E-state index contributed by atoms with van der Waals surface area (Å²) in [5.74, 6) is 0.656. The first-order valence-corrected chi connectivity index (χ1v) is 22.0. The second-order valence-electron chi connectivity index (χ2n) is 17.2. The van der Waals surface area contributed by atoms with E-state index in [0.717, 1.165) is 33.2 Å². The van der Waals surface area contributed by atoms with E-state index in [1.165, 1.54) is 103 Å². The highest BCUT2D eigenvalue weighted by Crippen LogP contribution is 2.49. The van der Waals surface area contributed by atoms with E-state index in [9.17, 15) is 0 Å². The molecule has 294 valence electrons. The van der Waals surface area contributed by atoms with Gasteiger partial charge in [-0.3, -0.25) is 4.57 Å². The number of para-hydroxylation sites is 3. The summed E-state index contributed by atoms with van der Waals surface area (Å²) < 4.78 is 4.82. The van der Waals surface area contributed by atoms with E-state index < -0.39 is 0 Å². The third-order valence-corrected chi connectivity index (χ3v) is 14.0. The van der Waals surface area contributed by atoms with Crippen molar-refractivity contribution in [3.63, 3.8) is 0 Å². The molecule has 3 heterocycles. The van der Waals surface area contributed by atoms with Crippen molar-refractivity contribution in [3.05, 3.63) is 206 Å². The van der Waals surface area contributed by atoms with Gasteiger partial charge in [-0.15, -0.1) is 0 Å². The molecule has 0 amide bonds. The summed E-state index contributed by atoms with van der Waals surface area (Å²) in [4.78, 5) is 11.0. The number of aromatic nitrogens is 4. The molecule has 64 heavy (non-hydrogen) atoms. The predicted octanol–water partition coefficient (Wildman–Crippen LogP) is 15.8. The highest BCUT2D eigenvalue weighted by Gasteiger charge is 2.25. The zero-order chi connectivity index (χ0) is 41.6. The smallest absolute Gasteiger partial charge is 0.235 e. The molecular weight excluding hydrogens is 777 g/mol. The van der Waals surface area contributed by atoms with Gasteiger partial charge in [0.05, 0.1) is 39.0 Å². The number of rotatable bonds is 3. The Hall–Kier alpha value is -8.60. The van der Waals surface area contributed by atoms with Gasteiger partial charge in [0.2, 0.25) is 5.95 Å². The minimum absolute atomic E-state index is 0.656. The fourth-order valence-electron chi connectivity index (χ4n) is 11.4. The van der Waals surface area contributed by atoms with Crippen LogP contribution in [0, 0.1) is 0 Å². The third-order valence-electron chi connectivity index (χ3n) is 14.0. The van der Waals surface area contributed by atoms with Crippen LogP contribution in [0.25, 0.3) is 142 Å². The van der Waals surface area contributed by atoms with Crippen LogP contribution in [0.3, 0.4) is 0 Å². The van der Waals surface area contributed by atoms with E-state index in [1.807, 2.05) is 0 Å². The lowest BCUT2D eigenvalue weighted by Crippen LogP contribution is -2.03. The molecule has 0 bridgehead atoms. The Bertz CT molecular complexity index is 4480. The largest absolute Gasteiger partial charge is 0.309 e. The zero-order valence-electron chi connectivity index (χ0n) is 34.4. The molecule has 0 aliphatic heterocycles. The monoisotopic (exact) mass is 810 g/mol. The number of benzene rings is 12. The van der Waals surface area contributed by atoms with Gasteiger partial charge < -0.3 is 4.57 Å². The lowest BCUT2D eigenvalue weighted by Gasteiger charge is -2.18. The quantitative estimate of drug-likeness (QED) is 0.132. The lowest BCUT2D eigenvalue weighted by atomic mass is 9.87. The Morgan fingerprint density at radius 3 is 1.44 bits per heavy atom. The van der Waals surface area contributed by atoms with Gasteiger partial charge in [0.1, 0.15) is 0 Å². The van der Waals surface area contributed by atoms with E-state index in [1.54, 1.807) is 0 Å². The van der Waals surface area contributed by atoms with E-state index in [0.29, 0.717) is 5.95 Å². The Morgan fingerprint density at radius 1 is 0.281 bits per heavy atom. The normalized spacial score (nSPS) is 12.4. The van der Waals surface area contributed by atoms with Gasteiger partial charge in [0.15, 0.2) is 0 Å². The topological polar surface area (TPSA) is 35.6 Å². The average Bonchev–Trinajstić information content (AvgIpc) is 3.87. The number of fused-ring (bicyclic) bond motifs is 13. The van der Waals surface area contributed by atoms with Crippen LogP contribution in [-0.2, 0) is 0 Å². The first-order valence-electron chi connectivity index (χ1n) is 22.0. The van der Waals surface area contributed by atoms with Crippen molar-refractivity contribution >= 4 is 119 Å². The van der Waals surface area contributed by atoms with Gasteiger partial charge in [-0.25, -0.2) is 9.97 Å². The van der Waals surface area contributed by atoms with Crippen molar-refractivity contribution in [3.8, 4) is 22.9 Å². The van der Waals surface area contributed by atoms with Crippen molar-refractivity contribution < 1.29 is 0 Å². The molecule has 0 unspecified atom stereocenters. The Balaban J connectivity index is 1.13. The van der Waals surface area contributed by atoms with Gasteiger partial charge >= 0.3 is 0 Å². The van der Waals surface area contributed by atoms with Crippen molar-refractivity contribution in [2.45, 2.75) is 0 Å². The standard InChI is InChI=1S/C60H34N4/c1-3-19-37-35(15-1)17-11-26-41(37)59-42-21-5-8-29-49(42)61-60(62-59)64-52-31-10-7-23-44(52)58-46-28-14-25-40-39-24-13-27-45-55(39)47(48(56(40)46)34-54(58)64)33-53-57(45)43-22-6-9-30-51(43)63(53)50-32-12-18-36-16-2-4-20-38(36)50/h1-34H. The Morgan fingerprint density at radius 2 is 0.750 bits per heavy atom. The number of nitrogens with zero attached hydrogens (tertiary/aromatic N) is 4. The molecule has 4 heteroatoms.